The first-order chi connectivity index (χ1) is 9.79. The van der Waals surface area contributed by atoms with Crippen LogP contribution >= 0.6 is 24.0 Å². The number of aliphatic imine (C=N–C) groups is 1. The summed E-state index contributed by atoms with van der Waals surface area (Å²) in [5.41, 5.74) is 6.05. The average molecular weight is 412 g/mol. The van der Waals surface area contributed by atoms with Crippen molar-refractivity contribution in [2.24, 2.45) is 16.6 Å². The van der Waals surface area contributed by atoms with Crippen molar-refractivity contribution in [3.63, 3.8) is 0 Å². The minimum Gasteiger partial charge on any atom is -0.383 e. The first-order valence-electron chi connectivity index (χ1n) is 7.63. The summed E-state index contributed by atoms with van der Waals surface area (Å²) in [4.78, 5) is 9.17. The van der Waals surface area contributed by atoms with Crippen molar-refractivity contribution in [2.75, 3.05) is 66.2 Å². The normalized spacial score (nSPS) is 22.1. The molecule has 7 heteroatoms. The fourth-order valence-corrected chi connectivity index (χ4v) is 2.73. The van der Waals surface area contributed by atoms with E-state index in [9.17, 15) is 0 Å². The molecule has 0 spiro atoms. The summed E-state index contributed by atoms with van der Waals surface area (Å²) in [5.74, 6) is 1.36. The molecule has 0 aromatic rings. The number of halogens is 1. The molecule has 0 aromatic carbocycles. The zero-order valence-electron chi connectivity index (χ0n) is 13.0. The van der Waals surface area contributed by atoms with Gasteiger partial charge >= 0.3 is 0 Å². The minimum atomic E-state index is 0. The Labute approximate surface area is 145 Å². The third kappa shape index (κ3) is 6.66. The van der Waals surface area contributed by atoms with Gasteiger partial charge in [-0.2, -0.15) is 0 Å². The van der Waals surface area contributed by atoms with Crippen LogP contribution in [0.2, 0.25) is 0 Å². The van der Waals surface area contributed by atoms with E-state index in [1.807, 2.05) is 0 Å². The molecule has 0 bridgehead atoms. The zero-order valence-corrected chi connectivity index (χ0v) is 15.3. The SMILES string of the molecule is COCCN1CCC(CN=C(N)N2CCOCC2)CC1.I. The van der Waals surface area contributed by atoms with E-state index in [1.54, 1.807) is 7.11 Å². The molecular weight excluding hydrogens is 383 g/mol. The second-order valence-electron chi connectivity index (χ2n) is 5.58. The highest BCUT2D eigenvalue weighted by molar-refractivity contribution is 14.0. The van der Waals surface area contributed by atoms with Crippen LogP contribution in [-0.2, 0) is 9.47 Å². The third-order valence-corrected chi connectivity index (χ3v) is 4.17. The van der Waals surface area contributed by atoms with Crippen LogP contribution < -0.4 is 5.73 Å². The summed E-state index contributed by atoms with van der Waals surface area (Å²) in [7, 11) is 1.76. The lowest BCUT2D eigenvalue weighted by Gasteiger charge is -2.31. The Kier molecular flexibility index (Phi) is 9.54. The van der Waals surface area contributed by atoms with Crippen LogP contribution in [0.4, 0.5) is 0 Å². The van der Waals surface area contributed by atoms with E-state index >= 15 is 0 Å². The topological polar surface area (TPSA) is 63.3 Å². The Balaban J connectivity index is 0.00000220. The first-order valence-corrected chi connectivity index (χ1v) is 7.63. The van der Waals surface area contributed by atoms with E-state index in [0.29, 0.717) is 11.9 Å². The number of piperidine rings is 1. The van der Waals surface area contributed by atoms with E-state index in [2.05, 4.69) is 14.8 Å². The number of guanidine groups is 1. The molecule has 0 radical (unpaired) electrons. The van der Waals surface area contributed by atoms with Crippen LogP contribution in [0, 0.1) is 5.92 Å². The molecular formula is C14H29IN4O2. The van der Waals surface area contributed by atoms with Crippen molar-refractivity contribution in [1.82, 2.24) is 9.80 Å². The maximum atomic E-state index is 6.05. The van der Waals surface area contributed by atoms with Gasteiger partial charge in [0, 0.05) is 33.3 Å². The average Bonchev–Trinajstić information content (AvgIpc) is 2.52. The van der Waals surface area contributed by atoms with Crippen LogP contribution in [0.3, 0.4) is 0 Å². The molecule has 2 aliphatic rings. The number of nitrogens with zero attached hydrogens (tertiary/aromatic N) is 3. The highest BCUT2D eigenvalue weighted by Gasteiger charge is 2.19. The van der Waals surface area contributed by atoms with Gasteiger partial charge in [0.05, 0.1) is 19.8 Å². The smallest absolute Gasteiger partial charge is 0.191 e. The van der Waals surface area contributed by atoms with Crippen molar-refractivity contribution in [3.8, 4) is 0 Å². The van der Waals surface area contributed by atoms with E-state index in [0.717, 1.165) is 59.1 Å². The maximum absolute atomic E-state index is 6.05. The molecule has 0 atom stereocenters. The van der Waals surface area contributed by atoms with E-state index in [4.69, 9.17) is 15.2 Å². The van der Waals surface area contributed by atoms with Crippen LogP contribution in [0.5, 0.6) is 0 Å². The molecule has 2 aliphatic heterocycles. The van der Waals surface area contributed by atoms with Crippen LogP contribution in [0.15, 0.2) is 4.99 Å². The van der Waals surface area contributed by atoms with Gasteiger partial charge in [0.15, 0.2) is 5.96 Å². The molecule has 0 amide bonds. The largest absolute Gasteiger partial charge is 0.383 e. The standard InChI is InChI=1S/C14H28N4O2.HI/c1-19-9-6-17-4-2-13(3-5-17)12-16-14(15)18-7-10-20-11-8-18;/h13H,2-12H2,1H3,(H2,15,16);1H. The monoisotopic (exact) mass is 412 g/mol. The van der Waals surface area contributed by atoms with Gasteiger partial charge in [-0.05, 0) is 31.8 Å². The Hall–Kier alpha value is -0.120. The predicted molar refractivity (Wildman–Crippen MR) is 95.3 cm³/mol. The highest BCUT2D eigenvalue weighted by atomic mass is 127. The third-order valence-electron chi connectivity index (χ3n) is 4.17. The van der Waals surface area contributed by atoms with Gasteiger partial charge < -0.3 is 25.0 Å². The maximum Gasteiger partial charge on any atom is 0.191 e. The summed E-state index contributed by atoms with van der Waals surface area (Å²) in [6, 6.07) is 0. The van der Waals surface area contributed by atoms with Crippen molar-refractivity contribution in [2.45, 2.75) is 12.8 Å². The molecule has 0 aromatic heterocycles. The minimum absolute atomic E-state index is 0. The molecule has 21 heavy (non-hydrogen) atoms. The predicted octanol–water partition coefficient (Wildman–Crippen LogP) is 0.610. The molecule has 2 N–H and O–H groups in total. The number of ether oxygens (including phenoxy) is 2. The fourth-order valence-electron chi connectivity index (χ4n) is 2.73. The van der Waals surface area contributed by atoms with Crippen LogP contribution in [0.1, 0.15) is 12.8 Å². The molecule has 0 aliphatic carbocycles. The number of methoxy groups -OCH3 is 1. The Morgan fingerprint density at radius 3 is 2.52 bits per heavy atom. The zero-order chi connectivity index (χ0) is 14.2. The van der Waals surface area contributed by atoms with Crippen molar-refractivity contribution < 1.29 is 9.47 Å². The van der Waals surface area contributed by atoms with Crippen LogP contribution in [-0.4, -0.2) is 82.0 Å². The summed E-state index contributed by atoms with van der Waals surface area (Å²) in [5, 5.41) is 0. The second-order valence-corrected chi connectivity index (χ2v) is 5.58. The van der Waals surface area contributed by atoms with Gasteiger partial charge in [0.1, 0.15) is 0 Å². The number of likely N-dealkylation sites (tertiary alicyclic amines) is 1. The fraction of sp³-hybridized carbons (Fsp3) is 0.929. The lowest BCUT2D eigenvalue weighted by molar-refractivity contribution is 0.0673. The molecule has 2 heterocycles. The van der Waals surface area contributed by atoms with E-state index in [1.165, 1.54) is 12.8 Å². The number of hydrogen-bond acceptors (Lipinski definition) is 4. The lowest BCUT2D eigenvalue weighted by atomic mass is 9.97. The Bertz CT molecular complexity index is 303. The Morgan fingerprint density at radius 2 is 1.90 bits per heavy atom. The number of hydrogen-bond donors (Lipinski definition) is 1. The summed E-state index contributed by atoms with van der Waals surface area (Å²) < 4.78 is 10.4. The molecule has 124 valence electrons. The summed E-state index contributed by atoms with van der Waals surface area (Å²) in [6.07, 6.45) is 2.42. The second kappa shape index (κ2) is 10.6. The molecule has 6 nitrogen and oxygen atoms in total. The number of morpholine rings is 1. The molecule has 2 rings (SSSR count). The number of rotatable bonds is 5. The molecule has 0 unspecified atom stereocenters. The van der Waals surface area contributed by atoms with Crippen molar-refractivity contribution in [1.29, 1.82) is 0 Å². The van der Waals surface area contributed by atoms with Crippen molar-refractivity contribution >= 4 is 29.9 Å². The van der Waals surface area contributed by atoms with Gasteiger partial charge in [-0.15, -0.1) is 24.0 Å². The van der Waals surface area contributed by atoms with Crippen LogP contribution in [0.25, 0.3) is 0 Å². The van der Waals surface area contributed by atoms with Gasteiger partial charge in [-0.25, -0.2) is 0 Å². The summed E-state index contributed by atoms with van der Waals surface area (Å²) in [6.45, 7) is 8.29. The molecule has 0 saturated carbocycles. The lowest BCUT2D eigenvalue weighted by Crippen LogP contribution is -2.45. The summed E-state index contributed by atoms with van der Waals surface area (Å²) >= 11 is 0. The molecule has 2 saturated heterocycles. The quantitative estimate of drug-likeness (QED) is 0.407. The first kappa shape index (κ1) is 18.9. The highest BCUT2D eigenvalue weighted by Crippen LogP contribution is 2.17. The number of nitrogens with two attached hydrogens (primary N) is 1. The van der Waals surface area contributed by atoms with E-state index in [-0.39, 0.29) is 24.0 Å². The van der Waals surface area contributed by atoms with Gasteiger partial charge in [0.25, 0.3) is 0 Å². The van der Waals surface area contributed by atoms with Gasteiger partial charge in [-0.1, -0.05) is 0 Å². The van der Waals surface area contributed by atoms with Gasteiger partial charge in [-0.3, -0.25) is 4.99 Å². The molecule has 2 fully saturated rings. The van der Waals surface area contributed by atoms with E-state index < -0.39 is 0 Å². The van der Waals surface area contributed by atoms with Crippen molar-refractivity contribution in [3.05, 3.63) is 0 Å². The van der Waals surface area contributed by atoms with Gasteiger partial charge in [0.2, 0.25) is 0 Å². The Morgan fingerprint density at radius 1 is 1.24 bits per heavy atom.